The van der Waals surface area contributed by atoms with Crippen LogP contribution in [0.2, 0.25) is 0 Å². The minimum Gasteiger partial charge on any atom is -0.383 e. The topological polar surface area (TPSA) is 21.3 Å². The van der Waals surface area contributed by atoms with Gasteiger partial charge in [-0.3, -0.25) is 0 Å². The van der Waals surface area contributed by atoms with Gasteiger partial charge in [-0.2, -0.15) is 0 Å². The molecule has 2 rings (SSSR count). The standard InChI is InChI=1S/C14H23NOS/c1-3-5-12(14-6-4-9-17-14)15-13(10-16-2)11-7-8-11/h4,6,9,11-13,15H,3,5,7-8,10H2,1-2H3. The Bertz CT molecular complexity index is 308. The van der Waals surface area contributed by atoms with E-state index in [0.29, 0.717) is 12.1 Å². The van der Waals surface area contributed by atoms with Gasteiger partial charge >= 0.3 is 0 Å². The van der Waals surface area contributed by atoms with Crippen molar-refractivity contribution in [1.29, 1.82) is 0 Å². The first-order valence-corrected chi connectivity index (χ1v) is 7.51. The molecule has 1 aliphatic rings. The van der Waals surface area contributed by atoms with Gasteiger partial charge in [0.15, 0.2) is 0 Å². The summed E-state index contributed by atoms with van der Waals surface area (Å²) in [6.07, 6.45) is 5.17. The number of hydrogen-bond donors (Lipinski definition) is 1. The molecule has 96 valence electrons. The minimum atomic E-state index is 0.515. The number of rotatable bonds is 8. The van der Waals surface area contributed by atoms with Crippen LogP contribution in [0.3, 0.4) is 0 Å². The van der Waals surface area contributed by atoms with Crippen molar-refractivity contribution in [3.63, 3.8) is 0 Å². The predicted octanol–water partition coefficient (Wildman–Crippen LogP) is 3.60. The Balaban J connectivity index is 1.95. The van der Waals surface area contributed by atoms with Crippen LogP contribution in [0.25, 0.3) is 0 Å². The second kappa shape index (κ2) is 6.53. The van der Waals surface area contributed by atoms with E-state index in [1.54, 1.807) is 7.11 Å². The summed E-state index contributed by atoms with van der Waals surface area (Å²) in [6.45, 7) is 3.10. The van der Waals surface area contributed by atoms with Crippen LogP contribution in [-0.2, 0) is 4.74 Å². The highest BCUT2D eigenvalue weighted by molar-refractivity contribution is 7.10. The molecule has 1 fully saturated rings. The smallest absolute Gasteiger partial charge is 0.0618 e. The van der Waals surface area contributed by atoms with Gasteiger partial charge in [0, 0.05) is 24.1 Å². The van der Waals surface area contributed by atoms with Crippen LogP contribution in [0.5, 0.6) is 0 Å². The van der Waals surface area contributed by atoms with E-state index in [4.69, 9.17) is 4.74 Å². The molecule has 17 heavy (non-hydrogen) atoms. The zero-order valence-electron chi connectivity index (χ0n) is 10.8. The summed E-state index contributed by atoms with van der Waals surface area (Å²) < 4.78 is 5.34. The molecule has 1 aromatic heterocycles. The Labute approximate surface area is 108 Å². The summed E-state index contributed by atoms with van der Waals surface area (Å²) in [6, 6.07) is 5.45. The third kappa shape index (κ3) is 3.80. The average Bonchev–Trinajstić information content (AvgIpc) is 3.03. The SMILES string of the molecule is CCCC(NC(COC)C1CC1)c1cccs1. The zero-order valence-corrected chi connectivity index (χ0v) is 11.6. The third-order valence-electron chi connectivity index (χ3n) is 3.42. The van der Waals surface area contributed by atoms with Gasteiger partial charge in [0.25, 0.3) is 0 Å². The second-order valence-corrected chi connectivity index (χ2v) is 5.90. The van der Waals surface area contributed by atoms with E-state index < -0.39 is 0 Å². The summed E-state index contributed by atoms with van der Waals surface area (Å²) in [5.74, 6) is 0.842. The first-order valence-electron chi connectivity index (χ1n) is 6.63. The molecule has 3 heteroatoms. The fourth-order valence-corrected chi connectivity index (χ4v) is 3.16. The molecule has 0 aromatic carbocycles. The van der Waals surface area contributed by atoms with Crippen molar-refractivity contribution in [3.05, 3.63) is 22.4 Å². The van der Waals surface area contributed by atoms with E-state index in [2.05, 4.69) is 29.8 Å². The van der Waals surface area contributed by atoms with Gasteiger partial charge in [0.05, 0.1) is 6.61 Å². The monoisotopic (exact) mass is 253 g/mol. The van der Waals surface area contributed by atoms with Crippen molar-refractivity contribution in [3.8, 4) is 0 Å². The van der Waals surface area contributed by atoms with Crippen molar-refractivity contribution in [1.82, 2.24) is 5.32 Å². The highest BCUT2D eigenvalue weighted by Gasteiger charge is 2.32. The molecule has 0 saturated heterocycles. The molecule has 1 saturated carbocycles. The Kier molecular flexibility index (Phi) is 5.01. The Morgan fingerprint density at radius 1 is 1.53 bits per heavy atom. The maximum Gasteiger partial charge on any atom is 0.0618 e. The van der Waals surface area contributed by atoms with Gasteiger partial charge < -0.3 is 10.1 Å². The molecule has 1 aromatic rings. The van der Waals surface area contributed by atoms with Crippen molar-refractivity contribution in [2.75, 3.05) is 13.7 Å². The number of thiophene rings is 1. The molecule has 0 bridgehead atoms. The number of ether oxygens (including phenoxy) is 1. The van der Waals surface area contributed by atoms with Crippen LogP contribution in [0.4, 0.5) is 0 Å². The highest BCUT2D eigenvalue weighted by atomic mass is 32.1. The third-order valence-corrected chi connectivity index (χ3v) is 4.40. The lowest BCUT2D eigenvalue weighted by Gasteiger charge is -2.24. The Hall–Kier alpha value is -0.380. The van der Waals surface area contributed by atoms with E-state index in [9.17, 15) is 0 Å². The van der Waals surface area contributed by atoms with Crippen LogP contribution >= 0.6 is 11.3 Å². The largest absolute Gasteiger partial charge is 0.383 e. The predicted molar refractivity (Wildman–Crippen MR) is 73.5 cm³/mol. The summed E-state index contributed by atoms with van der Waals surface area (Å²) in [7, 11) is 1.80. The van der Waals surface area contributed by atoms with Gasteiger partial charge in [0.1, 0.15) is 0 Å². The van der Waals surface area contributed by atoms with Crippen molar-refractivity contribution < 1.29 is 4.74 Å². The number of methoxy groups -OCH3 is 1. The first-order chi connectivity index (χ1) is 8.35. The minimum absolute atomic E-state index is 0.515. The fraction of sp³-hybridized carbons (Fsp3) is 0.714. The van der Waals surface area contributed by atoms with Gasteiger partial charge in [-0.1, -0.05) is 19.4 Å². The quantitative estimate of drug-likeness (QED) is 0.764. The van der Waals surface area contributed by atoms with Crippen molar-refractivity contribution >= 4 is 11.3 Å². The van der Waals surface area contributed by atoms with Crippen molar-refractivity contribution in [2.45, 2.75) is 44.7 Å². The summed E-state index contributed by atoms with van der Waals surface area (Å²) in [4.78, 5) is 1.47. The molecule has 1 heterocycles. The summed E-state index contributed by atoms with van der Waals surface area (Å²) in [5, 5.41) is 5.97. The average molecular weight is 253 g/mol. The summed E-state index contributed by atoms with van der Waals surface area (Å²) in [5.41, 5.74) is 0. The fourth-order valence-electron chi connectivity index (χ4n) is 2.34. The molecule has 1 N–H and O–H groups in total. The Morgan fingerprint density at radius 2 is 2.35 bits per heavy atom. The van der Waals surface area contributed by atoms with Gasteiger partial charge in [-0.25, -0.2) is 0 Å². The van der Waals surface area contributed by atoms with E-state index in [1.807, 2.05) is 11.3 Å². The molecule has 0 spiro atoms. The van der Waals surface area contributed by atoms with Crippen molar-refractivity contribution in [2.24, 2.45) is 5.92 Å². The molecule has 0 radical (unpaired) electrons. The maximum atomic E-state index is 5.34. The van der Waals surface area contributed by atoms with Crippen LogP contribution in [-0.4, -0.2) is 19.8 Å². The number of nitrogens with one attached hydrogen (secondary N) is 1. The lowest BCUT2D eigenvalue weighted by Crippen LogP contribution is -2.37. The van der Waals surface area contributed by atoms with E-state index in [1.165, 1.54) is 30.6 Å². The normalized spacial score (nSPS) is 19.2. The van der Waals surface area contributed by atoms with Gasteiger partial charge in [0.2, 0.25) is 0 Å². The second-order valence-electron chi connectivity index (χ2n) is 4.92. The van der Waals surface area contributed by atoms with E-state index >= 15 is 0 Å². The van der Waals surface area contributed by atoms with E-state index in [-0.39, 0.29) is 0 Å². The maximum absolute atomic E-state index is 5.34. The molecule has 2 nitrogen and oxygen atoms in total. The van der Waals surface area contributed by atoms with Crippen LogP contribution in [0.15, 0.2) is 17.5 Å². The van der Waals surface area contributed by atoms with Gasteiger partial charge in [-0.15, -0.1) is 11.3 Å². The highest BCUT2D eigenvalue weighted by Crippen LogP contribution is 2.35. The molecular formula is C14H23NOS. The molecule has 1 aliphatic carbocycles. The molecule has 2 atom stereocenters. The lowest BCUT2D eigenvalue weighted by atomic mass is 10.1. The summed E-state index contributed by atoms with van der Waals surface area (Å²) >= 11 is 1.86. The Morgan fingerprint density at radius 3 is 2.88 bits per heavy atom. The number of hydrogen-bond acceptors (Lipinski definition) is 3. The molecule has 0 aliphatic heterocycles. The molecular weight excluding hydrogens is 230 g/mol. The van der Waals surface area contributed by atoms with Crippen LogP contribution in [0.1, 0.15) is 43.5 Å². The molecule has 2 unspecified atom stereocenters. The lowest BCUT2D eigenvalue weighted by molar-refractivity contribution is 0.150. The van der Waals surface area contributed by atoms with Crippen LogP contribution < -0.4 is 5.32 Å². The first kappa shape index (κ1) is 13.1. The van der Waals surface area contributed by atoms with Crippen LogP contribution in [0, 0.1) is 5.92 Å². The van der Waals surface area contributed by atoms with Gasteiger partial charge in [-0.05, 0) is 36.6 Å². The zero-order chi connectivity index (χ0) is 12.1. The van der Waals surface area contributed by atoms with E-state index in [0.717, 1.165) is 12.5 Å². The molecule has 0 amide bonds.